The summed E-state index contributed by atoms with van der Waals surface area (Å²) < 4.78 is 5.91. The molecule has 4 aromatic rings. The molecule has 2 unspecified atom stereocenters. The molecule has 2 aromatic heterocycles. The average Bonchev–Trinajstić information content (AvgIpc) is 3.55. The highest BCUT2D eigenvalue weighted by atomic mass is 35.5. The molecule has 0 spiro atoms. The number of nitrogens with one attached hydrogen (secondary N) is 3. The fourth-order valence-corrected chi connectivity index (χ4v) is 6.46. The van der Waals surface area contributed by atoms with E-state index >= 15 is 0 Å². The van der Waals surface area contributed by atoms with Gasteiger partial charge in [-0.2, -0.15) is 0 Å². The van der Waals surface area contributed by atoms with Crippen LogP contribution in [-0.4, -0.2) is 29.0 Å². The topological polar surface area (TPSA) is 95.6 Å². The third-order valence-electron chi connectivity index (χ3n) is 7.01. The number of amides is 3. The lowest BCUT2D eigenvalue weighted by Gasteiger charge is -2.29. The summed E-state index contributed by atoms with van der Waals surface area (Å²) in [6, 6.07) is 16.4. The molecule has 8 nitrogen and oxygen atoms in total. The van der Waals surface area contributed by atoms with E-state index in [1.165, 1.54) is 17.4 Å². The first-order valence-corrected chi connectivity index (χ1v) is 14.0. The number of anilines is 3. The monoisotopic (exact) mass is 571 g/mol. The van der Waals surface area contributed by atoms with E-state index in [4.69, 9.17) is 16.3 Å². The third kappa shape index (κ3) is 4.89. The Kier molecular flexibility index (Phi) is 6.91. The molecular formula is C30H26ClN5O3S. The summed E-state index contributed by atoms with van der Waals surface area (Å²) in [4.78, 5) is 33.0. The minimum absolute atomic E-state index is 0.0920. The van der Waals surface area contributed by atoms with Crippen LogP contribution < -0.4 is 25.6 Å². The van der Waals surface area contributed by atoms with Crippen LogP contribution in [0, 0.1) is 0 Å². The lowest BCUT2D eigenvalue weighted by Crippen LogP contribution is -2.34. The van der Waals surface area contributed by atoms with Gasteiger partial charge in [-0.25, -0.2) is 9.78 Å². The Morgan fingerprint density at radius 1 is 1.15 bits per heavy atom. The van der Waals surface area contributed by atoms with Crippen molar-refractivity contribution in [1.29, 1.82) is 0 Å². The normalized spacial score (nSPS) is 17.8. The number of rotatable bonds is 8. The number of thiophene rings is 1. The maximum atomic E-state index is 13.5. The summed E-state index contributed by atoms with van der Waals surface area (Å²) in [5.41, 5.74) is 2.71. The fraction of sp³-hybridized carbons (Fsp3) is 0.167. The van der Waals surface area contributed by atoms with E-state index in [1.807, 2.05) is 36.4 Å². The van der Waals surface area contributed by atoms with Crippen LogP contribution in [0.3, 0.4) is 0 Å². The number of urea groups is 1. The second-order valence-corrected chi connectivity index (χ2v) is 11.1. The summed E-state index contributed by atoms with van der Waals surface area (Å²) in [5, 5.41) is 10.7. The van der Waals surface area contributed by atoms with Gasteiger partial charge in [0.25, 0.3) is 0 Å². The van der Waals surface area contributed by atoms with Gasteiger partial charge >= 0.3 is 6.03 Å². The van der Waals surface area contributed by atoms with Crippen LogP contribution in [0.25, 0.3) is 15.9 Å². The Labute approximate surface area is 240 Å². The number of hydrogen-bond acceptors (Lipinski definition) is 6. The van der Waals surface area contributed by atoms with Gasteiger partial charge in [0.15, 0.2) is 0 Å². The van der Waals surface area contributed by atoms with Crippen molar-refractivity contribution in [3.05, 3.63) is 89.9 Å². The molecule has 2 atom stereocenters. The summed E-state index contributed by atoms with van der Waals surface area (Å²) in [6.45, 7) is 7.80. The number of nitrogens with zero attached hydrogens (tertiary/aromatic N) is 2. The van der Waals surface area contributed by atoms with Gasteiger partial charge in [0.1, 0.15) is 16.3 Å². The summed E-state index contributed by atoms with van der Waals surface area (Å²) in [7, 11) is 0. The molecule has 3 heterocycles. The van der Waals surface area contributed by atoms with Gasteiger partial charge in [0.05, 0.1) is 32.3 Å². The summed E-state index contributed by atoms with van der Waals surface area (Å²) in [6.07, 6.45) is 5.54. The Morgan fingerprint density at radius 2 is 1.93 bits per heavy atom. The van der Waals surface area contributed by atoms with Gasteiger partial charge in [-0.1, -0.05) is 43.0 Å². The highest BCUT2D eigenvalue weighted by Gasteiger charge is 2.33. The van der Waals surface area contributed by atoms with Gasteiger partial charge < -0.3 is 20.7 Å². The largest absolute Gasteiger partial charge is 0.456 e. The molecule has 1 aliphatic carbocycles. The number of para-hydroxylation sites is 1. The second kappa shape index (κ2) is 10.7. The standard InChI is InChI=1S/C30H26ClN5O3S/c1-3-25(37)34-19-10-9-18(15-19)33-17(2)28-27-26-23(13-14-32-29(26)40-28)36(30(38)35-27)20-11-12-24(22(31)16-20)39-21-7-5-4-6-8-21/h3-8,11-14,16,18-19,33H,1-2,9-10,15H2,(H,34,37)(H,35,38). The molecule has 1 fully saturated rings. The van der Waals surface area contributed by atoms with Crippen LogP contribution in [0.2, 0.25) is 5.02 Å². The molecule has 0 saturated heterocycles. The molecule has 3 N–H and O–H groups in total. The highest BCUT2D eigenvalue weighted by Crippen LogP contribution is 2.48. The molecular weight excluding hydrogens is 546 g/mol. The second-order valence-electron chi connectivity index (χ2n) is 9.65. The molecule has 3 amide bonds. The van der Waals surface area contributed by atoms with E-state index in [2.05, 4.69) is 34.1 Å². The van der Waals surface area contributed by atoms with Gasteiger partial charge in [-0.05, 0) is 61.7 Å². The number of carbonyl (C=O) groups excluding carboxylic acids is 2. The van der Waals surface area contributed by atoms with E-state index in [-0.39, 0.29) is 24.0 Å². The first-order chi connectivity index (χ1) is 19.4. The minimum Gasteiger partial charge on any atom is -0.456 e. The van der Waals surface area contributed by atoms with E-state index < -0.39 is 0 Å². The predicted octanol–water partition coefficient (Wildman–Crippen LogP) is 7.21. The van der Waals surface area contributed by atoms with Gasteiger partial charge in [-0.3, -0.25) is 9.69 Å². The number of ether oxygens (including phenoxy) is 1. The van der Waals surface area contributed by atoms with Gasteiger partial charge in [-0.15, -0.1) is 11.3 Å². The summed E-state index contributed by atoms with van der Waals surface area (Å²) >= 11 is 8.05. The van der Waals surface area contributed by atoms with Crippen molar-refractivity contribution in [2.75, 3.05) is 10.2 Å². The Balaban J connectivity index is 1.26. The van der Waals surface area contributed by atoms with Gasteiger partial charge in [0.2, 0.25) is 5.91 Å². The molecule has 2 aliphatic rings. The van der Waals surface area contributed by atoms with Crippen molar-refractivity contribution in [3.63, 3.8) is 0 Å². The number of benzene rings is 2. The molecule has 0 bridgehead atoms. The Bertz CT molecular complexity index is 1650. The zero-order valence-corrected chi connectivity index (χ0v) is 23.0. The quantitative estimate of drug-likeness (QED) is 0.194. The number of hydrogen-bond donors (Lipinski definition) is 3. The SMILES string of the molecule is C=CC(=O)NC1CCC(NC(=C)c2sc3nccc4c3c2NC(=O)N4c2ccc(Oc3ccccc3)c(Cl)c2)C1. The van der Waals surface area contributed by atoms with E-state index in [0.29, 0.717) is 39.3 Å². The van der Waals surface area contributed by atoms with Gasteiger partial charge in [0, 0.05) is 24.0 Å². The van der Waals surface area contributed by atoms with Crippen molar-refractivity contribution in [3.8, 4) is 11.5 Å². The number of aromatic nitrogens is 1. The molecule has 1 aliphatic heterocycles. The Hall–Kier alpha value is -4.34. The molecule has 2 aromatic carbocycles. The minimum atomic E-state index is -0.312. The van der Waals surface area contributed by atoms with Crippen LogP contribution in [0.15, 0.2) is 80.0 Å². The van der Waals surface area contributed by atoms with Crippen molar-refractivity contribution < 1.29 is 14.3 Å². The fourth-order valence-electron chi connectivity index (χ4n) is 5.20. The maximum absolute atomic E-state index is 13.5. The van der Waals surface area contributed by atoms with E-state index in [0.717, 1.165) is 34.4 Å². The summed E-state index contributed by atoms with van der Waals surface area (Å²) in [5.74, 6) is 1.000. The molecule has 0 radical (unpaired) electrons. The first kappa shape index (κ1) is 25.9. The molecule has 6 rings (SSSR count). The van der Waals surface area contributed by atoms with Crippen molar-refractivity contribution in [1.82, 2.24) is 15.6 Å². The van der Waals surface area contributed by atoms with Crippen molar-refractivity contribution in [2.24, 2.45) is 0 Å². The van der Waals surface area contributed by atoms with E-state index in [1.54, 1.807) is 29.3 Å². The number of pyridine rings is 1. The number of halogens is 1. The van der Waals surface area contributed by atoms with Crippen molar-refractivity contribution in [2.45, 2.75) is 31.3 Å². The van der Waals surface area contributed by atoms with Crippen molar-refractivity contribution >= 4 is 67.9 Å². The molecule has 202 valence electrons. The van der Waals surface area contributed by atoms with Crippen LogP contribution in [-0.2, 0) is 4.79 Å². The smallest absolute Gasteiger partial charge is 0.331 e. The van der Waals surface area contributed by atoms with Crippen LogP contribution in [0.1, 0.15) is 24.1 Å². The lowest BCUT2D eigenvalue weighted by molar-refractivity contribution is -0.117. The predicted molar refractivity (Wildman–Crippen MR) is 161 cm³/mol. The van der Waals surface area contributed by atoms with Crippen LogP contribution in [0.5, 0.6) is 11.5 Å². The Morgan fingerprint density at radius 3 is 2.67 bits per heavy atom. The molecule has 10 heteroatoms. The average molecular weight is 572 g/mol. The molecule has 1 saturated carbocycles. The number of carbonyl (C=O) groups is 2. The van der Waals surface area contributed by atoms with E-state index in [9.17, 15) is 9.59 Å². The maximum Gasteiger partial charge on any atom is 0.331 e. The molecule has 40 heavy (non-hydrogen) atoms. The highest BCUT2D eigenvalue weighted by molar-refractivity contribution is 7.20. The lowest BCUT2D eigenvalue weighted by atomic mass is 10.1. The zero-order chi connectivity index (χ0) is 27.8. The first-order valence-electron chi connectivity index (χ1n) is 12.8. The third-order valence-corrected chi connectivity index (χ3v) is 8.46. The van der Waals surface area contributed by atoms with Crippen LogP contribution >= 0.6 is 22.9 Å². The zero-order valence-electron chi connectivity index (χ0n) is 21.4. The van der Waals surface area contributed by atoms with Crippen LogP contribution in [0.4, 0.5) is 21.9 Å².